The van der Waals surface area contributed by atoms with E-state index in [2.05, 4.69) is 5.32 Å². The summed E-state index contributed by atoms with van der Waals surface area (Å²) in [5.41, 5.74) is 0.716. The lowest BCUT2D eigenvalue weighted by atomic mass is 10.1. The van der Waals surface area contributed by atoms with Crippen LogP contribution in [0.4, 0.5) is 0 Å². The van der Waals surface area contributed by atoms with Crippen LogP contribution in [-0.4, -0.2) is 28.1 Å². The standard InChI is InChI=1S/C11H13NO4/c1-7(11(15)16)12-10(14)6-8-2-4-9(13)5-3-8/h2-5,7,13H,6H2,1H3,(H,12,14)(H,15,16)/t7-/m1/s1. The van der Waals surface area contributed by atoms with E-state index in [1.54, 1.807) is 12.1 Å². The summed E-state index contributed by atoms with van der Waals surface area (Å²) in [5, 5.41) is 20.0. The van der Waals surface area contributed by atoms with Crippen molar-refractivity contribution < 1.29 is 19.8 Å². The first kappa shape index (κ1) is 12.0. The Kier molecular flexibility index (Phi) is 3.88. The van der Waals surface area contributed by atoms with E-state index in [1.165, 1.54) is 19.1 Å². The van der Waals surface area contributed by atoms with Gasteiger partial charge in [0.15, 0.2) is 0 Å². The number of benzene rings is 1. The molecule has 0 unspecified atom stereocenters. The summed E-state index contributed by atoms with van der Waals surface area (Å²) in [6.07, 6.45) is 0.0951. The molecule has 5 heteroatoms. The first-order valence-corrected chi connectivity index (χ1v) is 4.79. The molecule has 1 aromatic rings. The largest absolute Gasteiger partial charge is 0.508 e. The van der Waals surface area contributed by atoms with E-state index in [0.29, 0.717) is 5.56 Å². The molecular formula is C11H13NO4. The molecule has 1 rings (SSSR count). The van der Waals surface area contributed by atoms with E-state index in [9.17, 15) is 9.59 Å². The fraction of sp³-hybridized carbons (Fsp3) is 0.273. The number of carboxylic acid groups (broad SMARTS) is 1. The van der Waals surface area contributed by atoms with Gasteiger partial charge in [-0.25, -0.2) is 0 Å². The summed E-state index contributed by atoms with van der Waals surface area (Å²) in [4.78, 5) is 21.9. The number of hydrogen-bond donors (Lipinski definition) is 3. The first-order chi connectivity index (χ1) is 7.49. The van der Waals surface area contributed by atoms with Crippen LogP contribution in [0.3, 0.4) is 0 Å². The molecule has 5 nitrogen and oxygen atoms in total. The minimum absolute atomic E-state index is 0.0951. The van der Waals surface area contributed by atoms with Crippen LogP contribution in [0.2, 0.25) is 0 Å². The lowest BCUT2D eigenvalue weighted by Crippen LogP contribution is -2.39. The van der Waals surface area contributed by atoms with E-state index >= 15 is 0 Å². The highest BCUT2D eigenvalue weighted by molar-refractivity contribution is 5.84. The van der Waals surface area contributed by atoms with Crippen molar-refractivity contribution in [3.63, 3.8) is 0 Å². The fourth-order valence-corrected chi connectivity index (χ4v) is 1.15. The monoisotopic (exact) mass is 223 g/mol. The number of rotatable bonds is 4. The van der Waals surface area contributed by atoms with Gasteiger partial charge in [-0.05, 0) is 24.6 Å². The molecule has 0 bridgehead atoms. The fourth-order valence-electron chi connectivity index (χ4n) is 1.15. The second-order valence-corrected chi connectivity index (χ2v) is 3.47. The molecule has 0 spiro atoms. The van der Waals surface area contributed by atoms with Crippen molar-refractivity contribution in [2.24, 2.45) is 0 Å². The summed E-state index contributed by atoms with van der Waals surface area (Å²) >= 11 is 0. The maximum absolute atomic E-state index is 11.4. The average molecular weight is 223 g/mol. The second kappa shape index (κ2) is 5.16. The van der Waals surface area contributed by atoms with Crippen LogP contribution >= 0.6 is 0 Å². The number of aromatic hydroxyl groups is 1. The molecular weight excluding hydrogens is 210 g/mol. The molecule has 3 N–H and O–H groups in total. The third-order valence-electron chi connectivity index (χ3n) is 2.05. The molecule has 0 radical (unpaired) electrons. The normalized spacial score (nSPS) is 11.8. The molecule has 86 valence electrons. The Balaban J connectivity index is 2.52. The van der Waals surface area contributed by atoms with Gasteiger partial charge in [0.25, 0.3) is 0 Å². The van der Waals surface area contributed by atoms with Gasteiger partial charge < -0.3 is 15.5 Å². The molecule has 0 saturated carbocycles. The molecule has 1 atom stereocenters. The molecule has 0 aliphatic heterocycles. The molecule has 16 heavy (non-hydrogen) atoms. The van der Waals surface area contributed by atoms with Crippen molar-refractivity contribution in [3.8, 4) is 5.75 Å². The van der Waals surface area contributed by atoms with Gasteiger partial charge >= 0.3 is 5.97 Å². The summed E-state index contributed by atoms with van der Waals surface area (Å²) in [5.74, 6) is -1.30. The van der Waals surface area contributed by atoms with Gasteiger partial charge in [0.2, 0.25) is 5.91 Å². The van der Waals surface area contributed by atoms with Crippen molar-refractivity contribution >= 4 is 11.9 Å². The molecule has 0 aliphatic carbocycles. The number of hydrogen-bond acceptors (Lipinski definition) is 3. The number of aliphatic carboxylic acids is 1. The van der Waals surface area contributed by atoms with Crippen LogP contribution in [0.15, 0.2) is 24.3 Å². The van der Waals surface area contributed by atoms with Crippen molar-refractivity contribution in [2.75, 3.05) is 0 Å². The topological polar surface area (TPSA) is 86.6 Å². The predicted molar refractivity (Wildman–Crippen MR) is 57.1 cm³/mol. The molecule has 0 aromatic heterocycles. The number of phenolic OH excluding ortho intramolecular Hbond substituents is 1. The zero-order chi connectivity index (χ0) is 12.1. The minimum atomic E-state index is -1.07. The zero-order valence-electron chi connectivity index (χ0n) is 8.80. The Morgan fingerprint density at radius 2 is 1.88 bits per heavy atom. The lowest BCUT2D eigenvalue weighted by Gasteiger charge is -2.08. The smallest absolute Gasteiger partial charge is 0.325 e. The lowest BCUT2D eigenvalue weighted by molar-refractivity contribution is -0.141. The van der Waals surface area contributed by atoms with Gasteiger partial charge in [-0.15, -0.1) is 0 Å². The van der Waals surface area contributed by atoms with Gasteiger partial charge in [0, 0.05) is 0 Å². The van der Waals surface area contributed by atoms with E-state index < -0.39 is 12.0 Å². The van der Waals surface area contributed by atoms with Crippen LogP contribution in [0.25, 0.3) is 0 Å². The summed E-state index contributed by atoms with van der Waals surface area (Å²) in [7, 11) is 0. The molecule has 0 heterocycles. The molecule has 0 aliphatic rings. The van der Waals surface area contributed by atoms with Gasteiger partial charge in [-0.3, -0.25) is 9.59 Å². The Morgan fingerprint density at radius 3 is 2.38 bits per heavy atom. The predicted octanol–water partition coefficient (Wildman–Crippen LogP) is 0.524. The molecule has 0 fully saturated rings. The molecule has 0 saturated heterocycles. The highest BCUT2D eigenvalue weighted by Crippen LogP contribution is 2.09. The molecule has 1 aromatic carbocycles. The third kappa shape index (κ3) is 3.61. The van der Waals surface area contributed by atoms with E-state index in [1.807, 2.05) is 0 Å². The Hall–Kier alpha value is -2.04. The van der Waals surface area contributed by atoms with E-state index in [4.69, 9.17) is 10.2 Å². The number of carbonyl (C=O) groups is 2. The van der Waals surface area contributed by atoms with Crippen LogP contribution in [0.5, 0.6) is 5.75 Å². The Labute approximate surface area is 92.7 Å². The maximum Gasteiger partial charge on any atom is 0.325 e. The number of phenols is 1. The molecule has 1 amide bonds. The second-order valence-electron chi connectivity index (χ2n) is 3.47. The van der Waals surface area contributed by atoms with Crippen LogP contribution in [0, 0.1) is 0 Å². The number of carbonyl (C=O) groups excluding carboxylic acids is 1. The summed E-state index contributed by atoms with van der Waals surface area (Å²) in [6.45, 7) is 1.40. The minimum Gasteiger partial charge on any atom is -0.508 e. The average Bonchev–Trinajstić information content (AvgIpc) is 2.21. The van der Waals surface area contributed by atoms with Crippen molar-refractivity contribution in [1.82, 2.24) is 5.32 Å². The zero-order valence-corrected chi connectivity index (χ0v) is 8.80. The summed E-state index contributed by atoms with van der Waals surface area (Å²) in [6, 6.07) is 5.28. The number of carboxylic acids is 1. The Bertz CT molecular complexity index is 385. The van der Waals surface area contributed by atoms with E-state index in [-0.39, 0.29) is 18.1 Å². The highest BCUT2D eigenvalue weighted by Gasteiger charge is 2.13. The summed E-state index contributed by atoms with van der Waals surface area (Å²) < 4.78 is 0. The third-order valence-corrected chi connectivity index (χ3v) is 2.05. The van der Waals surface area contributed by atoms with Gasteiger partial charge in [-0.2, -0.15) is 0 Å². The van der Waals surface area contributed by atoms with Crippen LogP contribution < -0.4 is 5.32 Å². The Morgan fingerprint density at radius 1 is 1.31 bits per heavy atom. The van der Waals surface area contributed by atoms with Gasteiger partial charge in [0.05, 0.1) is 6.42 Å². The maximum atomic E-state index is 11.4. The number of nitrogens with one attached hydrogen (secondary N) is 1. The van der Waals surface area contributed by atoms with E-state index in [0.717, 1.165) is 0 Å². The highest BCUT2D eigenvalue weighted by atomic mass is 16.4. The van der Waals surface area contributed by atoms with Gasteiger partial charge in [0.1, 0.15) is 11.8 Å². The van der Waals surface area contributed by atoms with Crippen molar-refractivity contribution in [1.29, 1.82) is 0 Å². The van der Waals surface area contributed by atoms with Crippen LogP contribution in [-0.2, 0) is 16.0 Å². The SMILES string of the molecule is C[C@@H](NC(=O)Cc1ccc(O)cc1)C(=O)O. The van der Waals surface area contributed by atoms with Crippen LogP contribution in [0.1, 0.15) is 12.5 Å². The van der Waals surface area contributed by atoms with Gasteiger partial charge in [-0.1, -0.05) is 12.1 Å². The number of amides is 1. The quantitative estimate of drug-likeness (QED) is 0.694. The van der Waals surface area contributed by atoms with Crippen molar-refractivity contribution in [3.05, 3.63) is 29.8 Å². The first-order valence-electron chi connectivity index (χ1n) is 4.79. The van der Waals surface area contributed by atoms with Crippen molar-refractivity contribution in [2.45, 2.75) is 19.4 Å².